The first-order chi connectivity index (χ1) is 28.1. The molecule has 20 heteroatoms. The van der Waals surface area contributed by atoms with Crippen LogP contribution < -0.4 is 16.0 Å². The molecular weight excluding hydrogens is 797 g/mol. The van der Waals surface area contributed by atoms with Crippen molar-refractivity contribution in [2.24, 2.45) is 17.8 Å². The fraction of sp³-hybridized carbons (Fsp3) is 0.821. The maximum atomic E-state index is 13.8. The highest BCUT2D eigenvalue weighted by molar-refractivity contribution is 7.11. The van der Waals surface area contributed by atoms with E-state index in [9.17, 15) is 49.8 Å². The molecule has 4 aliphatic rings. The summed E-state index contributed by atoms with van der Waals surface area (Å²) >= 11 is 1.21. The van der Waals surface area contributed by atoms with Gasteiger partial charge in [-0.1, -0.05) is 45.4 Å². The Morgan fingerprint density at radius 2 is 1.64 bits per heavy atom. The highest BCUT2D eigenvalue weighted by Gasteiger charge is 2.53. The predicted octanol–water partition coefficient (Wildman–Crippen LogP) is -0.277. The van der Waals surface area contributed by atoms with E-state index in [2.05, 4.69) is 20.9 Å². The van der Waals surface area contributed by atoms with Crippen LogP contribution in [0, 0.1) is 24.7 Å². The zero-order valence-electron chi connectivity index (χ0n) is 34.0. The number of carbonyl (C=O) groups excluding carboxylic acids is 3. The van der Waals surface area contributed by atoms with Crippen LogP contribution in [0.2, 0.25) is 0 Å². The topological polar surface area (TPSA) is 285 Å². The molecule has 9 N–H and O–H groups in total. The molecule has 1 aromatic rings. The molecule has 3 unspecified atom stereocenters. The van der Waals surface area contributed by atoms with Crippen LogP contribution in [0.1, 0.15) is 94.1 Å². The van der Waals surface area contributed by atoms with Gasteiger partial charge in [-0.3, -0.25) is 14.4 Å². The largest absolute Gasteiger partial charge is 0.479 e. The quantitative estimate of drug-likeness (QED) is 0.0912. The number of carboxylic acid groups (broad SMARTS) is 1. The Hall–Kier alpha value is -2.89. The summed E-state index contributed by atoms with van der Waals surface area (Å²) < 4.78 is 31.0. The van der Waals surface area contributed by atoms with Gasteiger partial charge in [0.25, 0.3) is 5.91 Å². The minimum Gasteiger partial charge on any atom is -0.479 e. The van der Waals surface area contributed by atoms with Crippen LogP contribution in [0.25, 0.3) is 0 Å². The average Bonchev–Trinajstić information content (AvgIpc) is 3.66. The van der Waals surface area contributed by atoms with Crippen molar-refractivity contribution in [1.29, 1.82) is 0 Å². The second-order valence-corrected chi connectivity index (χ2v) is 17.1. The summed E-state index contributed by atoms with van der Waals surface area (Å²) in [6.45, 7) is 5.88. The lowest BCUT2D eigenvalue weighted by molar-refractivity contribution is -0.338. The standard InChI is InChI=1S/C39H62N4O15S/c1-5-22-14-23(34(50)40-11-12-41-35(51)36-42-18(2)17-59-36)15-24(32(22)58-39-31(49)30(48)28(46)19(3)54-39)56-38-27(43-20(4)45)33(29(47)26(16-44)57-38)55-25(37(52)53)13-21-9-7-6-8-10-21/h17,19,21-33,38-39,44,46-49H,5-16H2,1-4H3,(H,40,50)(H,41,51)(H,43,45)(H,52,53)/t19-,22-,23+,24?,25?,26+,27+,28+,29-,30-,31-,32+,33+,38+,39?/m0/s1. The van der Waals surface area contributed by atoms with E-state index in [0.29, 0.717) is 11.4 Å². The van der Waals surface area contributed by atoms with Gasteiger partial charge in [-0.25, -0.2) is 9.78 Å². The number of nitrogens with one attached hydrogen (secondary N) is 3. The Bertz CT molecular complexity index is 1550. The number of carbonyl (C=O) groups is 4. The van der Waals surface area contributed by atoms with Gasteiger partial charge in [0.15, 0.2) is 23.7 Å². The minimum absolute atomic E-state index is 0.00868. The summed E-state index contributed by atoms with van der Waals surface area (Å²) in [4.78, 5) is 55.7. The van der Waals surface area contributed by atoms with Gasteiger partial charge in [0.2, 0.25) is 11.8 Å². The van der Waals surface area contributed by atoms with Crippen LogP contribution >= 0.6 is 11.3 Å². The van der Waals surface area contributed by atoms with E-state index < -0.39 is 110 Å². The van der Waals surface area contributed by atoms with Gasteiger partial charge in [-0.15, -0.1) is 11.3 Å². The van der Waals surface area contributed by atoms with Gasteiger partial charge < -0.3 is 70.3 Å². The Morgan fingerprint density at radius 3 is 2.27 bits per heavy atom. The third kappa shape index (κ3) is 12.2. The minimum atomic E-state index is -1.66. The zero-order valence-corrected chi connectivity index (χ0v) is 34.8. The van der Waals surface area contributed by atoms with Crippen LogP contribution in [-0.4, -0.2) is 159 Å². The first-order valence-electron chi connectivity index (χ1n) is 20.7. The summed E-state index contributed by atoms with van der Waals surface area (Å²) in [6, 6.07) is -1.31. The van der Waals surface area contributed by atoms with Gasteiger partial charge in [-0.05, 0) is 44.9 Å². The Labute approximate surface area is 347 Å². The van der Waals surface area contributed by atoms with E-state index in [1.807, 2.05) is 6.92 Å². The van der Waals surface area contributed by atoms with Crippen molar-refractivity contribution >= 4 is 35.0 Å². The average molecular weight is 859 g/mol. The molecule has 1 aromatic heterocycles. The van der Waals surface area contributed by atoms with Gasteiger partial charge in [-0.2, -0.15) is 0 Å². The van der Waals surface area contributed by atoms with Crippen molar-refractivity contribution < 1.29 is 73.5 Å². The van der Waals surface area contributed by atoms with E-state index in [1.165, 1.54) is 25.2 Å². The molecule has 59 heavy (non-hydrogen) atoms. The van der Waals surface area contributed by atoms with E-state index in [1.54, 1.807) is 12.3 Å². The molecule has 0 bridgehead atoms. The van der Waals surface area contributed by atoms with Crippen LogP contribution in [-0.2, 0) is 38.1 Å². The van der Waals surface area contributed by atoms with Crippen molar-refractivity contribution in [3.8, 4) is 0 Å². The van der Waals surface area contributed by atoms with Gasteiger partial charge >= 0.3 is 5.97 Å². The first kappa shape index (κ1) is 47.2. The number of ether oxygens (including phenoxy) is 5. The van der Waals surface area contributed by atoms with Gasteiger partial charge in [0, 0.05) is 37.0 Å². The van der Waals surface area contributed by atoms with Crippen molar-refractivity contribution in [2.75, 3.05) is 19.7 Å². The number of aliphatic hydroxyl groups excluding tert-OH is 5. The molecule has 0 aromatic carbocycles. The van der Waals surface area contributed by atoms with Crippen LogP contribution in [0.5, 0.6) is 0 Å². The molecular formula is C39H62N4O15S. The number of aromatic nitrogens is 1. The molecule has 3 amide bonds. The van der Waals surface area contributed by atoms with E-state index in [4.69, 9.17) is 23.7 Å². The second-order valence-electron chi connectivity index (χ2n) is 16.2. The summed E-state index contributed by atoms with van der Waals surface area (Å²) in [5, 5.41) is 74.2. The lowest BCUT2D eigenvalue weighted by Crippen LogP contribution is -2.67. The number of amides is 3. The molecule has 19 nitrogen and oxygen atoms in total. The number of aryl methyl sites for hydroxylation is 1. The molecule has 0 spiro atoms. The smallest absolute Gasteiger partial charge is 0.332 e. The molecule has 3 heterocycles. The Balaban J connectivity index is 1.39. The summed E-state index contributed by atoms with van der Waals surface area (Å²) in [5.74, 6) is -3.59. The number of nitrogens with zero attached hydrogens (tertiary/aromatic N) is 1. The van der Waals surface area contributed by atoms with Crippen molar-refractivity contribution in [3.05, 3.63) is 16.1 Å². The third-order valence-electron chi connectivity index (χ3n) is 11.9. The first-order valence-corrected chi connectivity index (χ1v) is 21.6. The molecule has 334 valence electrons. The summed E-state index contributed by atoms with van der Waals surface area (Å²) in [7, 11) is 0. The summed E-state index contributed by atoms with van der Waals surface area (Å²) in [6.07, 6.45) is -10.7. The molecule has 2 aliphatic heterocycles. The number of hydrogen-bond acceptors (Lipinski definition) is 16. The van der Waals surface area contributed by atoms with Crippen molar-refractivity contribution in [2.45, 2.75) is 165 Å². The normalized spacial score (nSPS) is 36.0. The summed E-state index contributed by atoms with van der Waals surface area (Å²) in [5.41, 5.74) is 0.718. The molecule has 15 atom stereocenters. The monoisotopic (exact) mass is 858 g/mol. The van der Waals surface area contributed by atoms with Crippen LogP contribution in [0.3, 0.4) is 0 Å². The number of aliphatic hydroxyl groups is 5. The number of hydrogen-bond donors (Lipinski definition) is 9. The van der Waals surface area contributed by atoms with Crippen molar-refractivity contribution in [1.82, 2.24) is 20.9 Å². The second kappa shape index (κ2) is 21.8. The van der Waals surface area contributed by atoms with Gasteiger partial charge in [0.05, 0.1) is 24.9 Å². The van der Waals surface area contributed by atoms with Gasteiger partial charge in [0.1, 0.15) is 42.7 Å². The molecule has 0 radical (unpaired) electrons. The number of carboxylic acids is 1. The highest BCUT2D eigenvalue weighted by Crippen LogP contribution is 2.40. The molecule has 2 saturated carbocycles. The Morgan fingerprint density at radius 1 is 0.932 bits per heavy atom. The highest BCUT2D eigenvalue weighted by atomic mass is 32.1. The van der Waals surface area contributed by atoms with Crippen LogP contribution in [0.15, 0.2) is 5.38 Å². The lowest BCUT2D eigenvalue weighted by Gasteiger charge is -2.49. The lowest BCUT2D eigenvalue weighted by atomic mass is 9.75. The fourth-order valence-corrected chi connectivity index (χ4v) is 9.33. The fourth-order valence-electron chi connectivity index (χ4n) is 8.62. The maximum Gasteiger partial charge on any atom is 0.332 e. The van der Waals surface area contributed by atoms with E-state index >= 15 is 0 Å². The van der Waals surface area contributed by atoms with E-state index in [-0.39, 0.29) is 50.1 Å². The maximum absolute atomic E-state index is 13.8. The number of rotatable bonds is 17. The molecule has 2 saturated heterocycles. The SMILES string of the molecule is CC[C@H]1C[C@@H](C(=O)NCCNC(=O)c2nc(C)cs2)CC(O[C@@H]2O[C@H](CO)[C@H](O)[C@H](OC(CC3CCCCC3)C(=O)O)[C@H]2NC(C)=O)[C@@H]1OC1O[C@@H](C)[C@@H](O)[C@H](O)[C@@H]1O. The van der Waals surface area contributed by atoms with Crippen LogP contribution in [0.4, 0.5) is 0 Å². The zero-order chi connectivity index (χ0) is 43.0. The molecule has 4 fully saturated rings. The third-order valence-corrected chi connectivity index (χ3v) is 12.8. The Kier molecular flexibility index (Phi) is 17.4. The molecule has 5 rings (SSSR count). The van der Waals surface area contributed by atoms with E-state index in [0.717, 1.165) is 37.8 Å². The van der Waals surface area contributed by atoms with Crippen molar-refractivity contribution in [3.63, 3.8) is 0 Å². The molecule has 2 aliphatic carbocycles. The number of thiazole rings is 1. The number of aliphatic carboxylic acids is 1. The predicted molar refractivity (Wildman–Crippen MR) is 208 cm³/mol.